The highest BCUT2D eigenvalue weighted by Gasteiger charge is 2.60. The van der Waals surface area contributed by atoms with Gasteiger partial charge in [-0.15, -0.1) is 0 Å². The maximum Gasteiger partial charge on any atom is 0.310 e. The monoisotopic (exact) mass is 368 g/mol. The van der Waals surface area contributed by atoms with E-state index in [9.17, 15) is 9.59 Å². The number of fused-ring (bicyclic) bond motifs is 5. The summed E-state index contributed by atoms with van der Waals surface area (Å²) in [6.45, 7) is 8.11. The first-order valence-corrected chi connectivity index (χ1v) is 10.3. The van der Waals surface area contributed by atoms with Crippen LogP contribution < -0.4 is 0 Å². The van der Waals surface area contributed by atoms with Crippen LogP contribution in [0, 0.1) is 18.8 Å². The number of esters is 1. The lowest BCUT2D eigenvalue weighted by atomic mass is 9.80. The Morgan fingerprint density at radius 3 is 2.22 bits per heavy atom. The van der Waals surface area contributed by atoms with Crippen molar-refractivity contribution in [1.82, 2.24) is 0 Å². The van der Waals surface area contributed by atoms with Crippen LogP contribution in [0.15, 0.2) is 17.9 Å². The van der Waals surface area contributed by atoms with Gasteiger partial charge in [-0.1, -0.05) is 38.5 Å². The van der Waals surface area contributed by atoms with Crippen molar-refractivity contribution in [2.75, 3.05) is 0 Å². The van der Waals surface area contributed by atoms with Crippen LogP contribution >= 0.6 is 0 Å². The molecule has 27 heavy (non-hydrogen) atoms. The number of aryl methyl sites for hydroxylation is 3. The molecule has 2 fully saturated rings. The van der Waals surface area contributed by atoms with E-state index in [1.165, 1.54) is 5.56 Å². The third-order valence-corrected chi connectivity index (χ3v) is 6.34. The molecule has 0 saturated carbocycles. The fraction of sp³-hybridized carbons (Fsp3) is 0.565. The number of hydrogen-bond donors (Lipinski definition) is 0. The summed E-state index contributed by atoms with van der Waals surface area (Å²) >= 11 is 0. The molecule has 0 radical (unpaired) electrons. The van der Waals surface area contributed by atoms with E-state index < -0.39 is 0 Å². The molecule has 0 aromatic heterocycles. The van der Waals surface area contributed by atoms with Crippen molar-refractivity contribution in [3.05, 3.63) is 40.1 Å². The van der Waals surface area contributed by atoms with Crippen LogP contribution in [0.1, 0.15) is 62.3 Å². The number of benzene rings is 1. The number of rotatable bonds is 5. The SMILES string of the molecule is CCC(=O)OC1=C(c2c(CC)cc(C)cc2CC)C(=O)[C@@H]2[C@H]1[C@H]1CC[C@@H]2O1. The molecule has 4 heteroatoms. The number of ether oxygens (including phenoxy) is 2. The van der Waals surface area contributed by atoms with Gasteiger partial charge in [0.05, 0.1) is 29.6 Å². The zero-order valence-corrected chi connectivity index (χ0v) is 16.6. The van der Waals surface area contributed by atoms with Gasteiger partial charge in [0, 0.05) is 6.42 Å². The number of Topliss-reactive ketones (excluding diaryl/α,β-unsaturated/α-hetero) is 1. The number of ketones is 1. The van der Waals surface area contributed by atoms with Crippen LogP contribution in [0.5, 0.6) is 0 Å². The van der Waals surface area contributed by atoms with Gasteiger partial charge in [-0.3, -0.25) is 9.59 Å². The molecule has 4 nitrogen and oxygen atoms in total. The topological polar surface area (TPSA) is 52.6 Å². The zero-order chi connectivity index (χ0) is 19.3. The molecule has 0 spiro atoms. The molecule has 0 unspecified atom stereocenters. The zero-order valence-electron chi connectivity index (χ0n) is 16.6. The van der Waals surface area contributed by atoms with Crippen molar-refractivity contribution in [2.24, 2.45) is 11.8 Å². The second kappa shape index (κ2) is 6.90. The van der Waals surface area contributed by atoms with E-state index in [1.807, 2.05) is 0 Å². The third kappa shape index (κ3) is 2.77. The predicted octanol–water partition coefficient (Wildman–Crippen LogP) is 4.16. The van der Waals surface area contributed by atoms with Crippen LogP contribution in [0.3, 0.4) is 0 Å². The van der Waals surface area contributed by atoms with Crippen molar-refractivity contribution >= 4 is 17.3 Å². The van der Waals surface area contributed by atoms with Gasteiger partial charge in [0.15, 0.2) is 5.78 Å². The van der Waals surface area contributed by atoms with Crippen molar-refractivity contribution in [1.29, 1.82) is 0 Å². The number of carbonyl (C=O) groups is 2. The van der Waals surface area contributed by atoms with Gasteiger partial charge in [0.1, 0.15) is 5.76 Å². The van der Waals surface area contributed by atoms with Gasteiger partial charge in [-0.2, -0.15) is 0 Å². The van der Waals surface area contributed by atoms with Crippen LogP contribution in [-0.2, 0) is 31.9 Å². The lowest BCUT2D eigenvalue weighted by molar-refractivity contribution is -0.140. The summed E-state index contributed by atoms with van der Waals surface area (Å²) in [6.07, 6.45) is 3.82. The predicted molar refractivity (Wildman–Crippen MR) is 103 cm³/mol. The van der Waals surface area contributed by atoms with E-state index in [0.29, 0.717) is 17.8 Å². The molecule has 2 bridgehead atoms. The summed E-state index contributed by atoms with van der Waals surface area (Å²) in [4.78, 5) is 25.8. The summed E-state index contributed by atoms with van der Waals surface area (Å²) in [6, 6.07) is 4.32. The largest absolute Gasteiger partial charge is 0.430 e. The molecule has 4 atom stereocenters. The van der Waals surface area contributed by atoms with Crippen molar-refractivity contribution < 1.29 is 19.1 Å². The first-order chi connectivity index (χ1) is 13.0. The Bertz CT molecular complexity index is 810. The standard InChI is InChI=1S/C23H28O4/c1-5-13-10-12(4)11-14(6-2)18(13)21-22(25)19-15-8-9-16(26-15)20(19)23(21)27-17(24)7-3/h10-11,15-16,19-20H,5-9H2,1-4H3/t15-,16+,19-,20+/m0/s1. The van der Waals surface area contributed by atoms with E-state index in [-0.39, 0.29) is 35.8 Å². The Labute approximate surface area is 160 Å². The molecule has 0 N–H and O–H groups in total. The average molecular weight is 368 g/mol. The third-order valence-electron chi connectivity index (χ3n) is 6.34. The molecule has 4 rings (SSSR count). The number of hydrogen-bond acceptors (Lipinski definition) is 4. The second-order valence-electron chi connectivity index (χ2n) is 7.94. The molecule has 1 aromatic carbocycles. The van der Waals surface area contributed by atoms with Gasteiger partial charge in [0.2, 0.25) is 0 Å². The minimum absolute atomic E-state index is 0.00158. The Morgan fingerprint density at radius 1 is 1.07 bits per heavy atom. The molecule has 2 heterocycles. The van der Waals surface area contributed by atoms with Crippen molar-refractivity contribution in [3.63, 3.8) is 0 Å². The number of carbonyl (C=O) groups excluding carboxylic acids is 2. The first-order valence-electron chi connectivity index (χ1n) is 10.3. The van der Waals surface area contributed by atoms with E-state index in [2.05, 4.69) is 32.9 Å². The Morgan fingerprint density at radius 2 is 1.67 bits per heavy atom. The lowest BCUT2D eigenvalue weighted by Crippen LogP contribution is -2.29. The summed E-state index contributed by atoms with van der Waals surface area (Å²) in [5, 5.41) is 0. The highest BCUT2D eigenvalue weighted by molar-refractivity contribution is 6.26. The van der Waals surface area contributed by atoms with Crippen LogP contribution in [0.2, 0.25) is 0 Å². The molecular formula is C23H28O4. The minimum Gasteiger partial charge on any atom is -0.430 e. The van der Waals surface area contributed by atoms with E-state index >= 15 is 0 Å². The maximum absolute atomic E-state index is 13.5. The smallest absolute Gasteiger partial charge is 0.310 e. The average Bonchev–Trinajstić information content (AvgIpc) is 3.35. The van der Waals surface area contributed by atoms with Gasteiger partial charge < -0.3 is 9.47 Å². The second-order valence-corrected chi connectivity index (χ2v) is 7.94. The van der Waals surface area contributed by atoms with E-state index in [4.69, 9.17) is 9.47 Å². The molecule has 144 valence electrons. The fourth-order valence-corrected chi connectivity index (χ4v) is 5.18. The van der Waals surface area contributed by atoms with Crippen LogP contribution in [-0.4, -0.2) is 24.0 Å². The first kappa shape index (κ1) is 18.4. The van der Waals surface area contributed by atoms with Crippen molar-refractivity contribution in [3.8, 4) is 0 Å². The minimum atomic E-state index is -0.276. The van der Waals surface area contributed by atoms with Gasteiger partial charge in [0.25, 0.3) is 0 Å². The quantitative estimate of drug-likeness (QED) is 0.732. The Hall–Kier alpha value is -1.94. The molecule has 1 aliphatic carbocycles. The lowest BCUT2D eigenvalue weighted by Gasteiger charge is -2.21. The molecule has 0 amide bonds. The van der Waals surface area contributed by atoms with Crippen LogP contribution in [0.25, 0.3) is 5.57 Å². The summed E-state index contributed by atoms with van der Waals surface area (Å²) in [7, 11) is 0. The van der Waals surface area contributed by atoms with Gasteiger partial charge >= 0.3 is 5.97 Å². The highest BCUT2D eigenvalue weighted by Crippen LogP contribution is 2.55. The van der Waals surface area contributed by atoms with Gasteiger partial charge in [-0.25, -0.2) is 0 Å². The molecular weight excluding hydrogens is 340 g/mol. The number of allylic oxidation sites excluding steroid dienone is 1. The molecule has 2 saturated heterocycles. The summed E-state index contributed by atoms with van der Waals surface area (Å²) < 4.78 is 11.9. The van der Waals surface area contributed by atoms with Crippen molar-refractivity contribution in [2.45, 2.75) is 72.0 Å². The molecule has 3 aliphatic rings. The highest BCUT2D eigenvalue weighted by atomic mass is 16.5. The van der Waals surface area contributed by atoms with Gasteiger partial charge in [-0.05, 0) is 49.3 Å². The fourth-order valence-electron chi connectivity index (χ4n) is 5.18. The van der Waals surface area contributed by atoms with E-state index in [0.717, 1.165) is 42.4 Å². The normalized spacial score (nSPS) is 28.8. The Kier molecular flexibility index (Phi) is 4.71. The summed E-state index contributed by atoms with van der Waals surface area (Å²) in [5.41, 5.74) is 5.18. The summed E-state index contributed by atoms with van der Waals surface area (Å²) in [5.74, 6) is 0.130. The maximum atomic E-state index is 13.5. The van der Waals surface area contributed by atoms with Crippen LogP contribution in [0.4, 0.5) is 0 Å². The van der Waals surface area contributed by atoms with E-state index in [1.54, 1.807) is 6.92 Å². The molecule has 1 aromatic rings. The Balaban J connectivity index is 1.93. The molecule has 2 aliphatic heterocycles.